The first-order valence-corrected chi connectivity index (χ1v) is 11.8. The molecule has 0 aliphatic rings. The van der Waals surface area contributed by atoms with Crippen molar-refractivity contribution in [3.05, 3.63) is 47.1 Å². The molecule has 8 nitrogen and oxygen atoms in total. The second-order valence-corrected chi connectivity index (χ2v) is 10.2. The van der Waals surface area contributed by atoms with Crippen LogP contribution < -0.4 is 10.0 Å². The fraction of sp³-hybridized carbons (Fsp3) is 0.450. The molecule has 0 saturated carbocycles. The number of amides is 1. The summed E-state index contributed by atoms with van der Waals surface area (Å²) in [7, 11) is -2.43. The van der Waals surface area contributed by atoms with Crippen LogP contribution in [0, 0.1) is 5.82 Å². The highest BCUT2D eigenvalue weighted by molar-refractivity contribution is 7.89. The summed E-state index contributed by atoms with van der Waals surface area (Å²) in [5.74, 6) is -0.377. The third-order valence-electron chi connectivity index (χ3n) is 3.86. The van der Waals surface area contributed by atoms with Gasteiger partial charge >= 0.3 is 6.09 Å². The molecule has 2 aromatic rings. The van der Waals surface area contributed by atoms with Crippen LogP contribution in [-0.2, 0) is 24.2 Å². The van der Waals surface area contributed by atoms with Gasteiger partial charge in [-0.1, -0.05) is 12.1 Å². The Kier molecular flexibility index (Phi) is 8.95. The minimum absolute atomic E-state index is 0.00325. The Morgan fingerprint density at radius 3 is 2.48 bits per heavy atom. The molecule has 172 valence electrons. The van der Waals surface area contributed by atoms with Crippen molar-refractivity contribution in [1.82, 2.24) is 4.72 Å². The summed E-state index contributed by atoms with van der Waals surface area (Å²) in [6.45, 7) is 5.19. The number of anilines is 1. The Morgan fingerprint density at radius 1 is 1.19 bits per heavy atom. The first-order valence-electron chi connectivity index (χ1n) is 9.45. The van der Waals surface area contributed by atoms with Crippen LogP contribution in [0.2, 0.25) is 0 Å². The molecule has 0 aliphatic heterocycles. The molecule has 0 aliphatic carbocycles. The molecule has 2 N–H and O–H groups in total. The maximum atomic E-state index is 13.2. The first-order chi connectivity index (χ1) is 14.5. The molecule has 1 atom stereocenters. The van der Waals surface area contributed by atoms with E-state index in [1.807, 2.05) is 0 Å². The summed E-state index contributed by atoms with van der Waals surface area (Å²) in [5.41, 5.74) is -0.0172. The van der Waals surface area contributed by atoms with E-state index in [9.17, 15) is 17.6 Å². The second kappa shape index (κ2) is 11.0. The first kappa shape index (κ1) is 25.2. The van der Waals surface area contributed by atoms with Gasteiger partial charge < -0.3 is 14.2 Å². The number of hydrogen-bond acceptors (Lipinski definition) is 7. The molecule has 0 fully saturated rings. The van der Waals surface area contributed by atoms with Crippen LogP contribution in [0.3, 0.4) is 0 Å². The van der Waals surface area contributed by atoms with Gasteiger partial charge in [-0.15, -0.1) is 11.3 Å². The predicted octanol–water partition coefficient (Wildman–Crippen LogP) is 4.26. The summed E-state index contributed by atoms with van der Waals surface area (Å²) in [4.78, 5) is 11.9. The van der Waals surface area contributed by atoms with E-state index in [2.05, 4.69) is 10.0 Å². The highest BCUT2D eigenvalue weighted by Gasteiger charge is 2.24. The number of carbonyl (C=O) groups excluding carboxylic acids is 1. The van der Waals surface area contributed by atoms with E-state index in [0.717, 1.165) is 11.3 Å². The monoisotopic (exact) mass is 474 g/mol. The highest BCUT2D eigenvalue weighted by atomic mass is 32.2. The number of halogens is 1. The molecule has 1 aromatic carbocycles. The Bertz CT molecular complexity index is 955. The number of methoxy groups -OCH3 is 1. The number of benzene rings is 1. The molecular formula is C20H27FN2O6S2. The molecule has 0 bridgehead atoms. The summed E-state index contributed by atoms with van der Waals surface area (Å²) >= 11 is 1.07. The van der Waals surface area contributed by atoms with Crippen molar-refractivity contribution in [2.45, 2.75) is 43.8 Å². The zero-order valence-electron chi connectivity index (χ0n) is 17.8. The van der Waals surface area contributed by atoms with Crippen molar-refractivity contribution in [3.8, 4) is 0 Å². The number of carbonyl (C=O) groups is 1. The van der Waals surface area contributed by atoms with E-state index in [1.165, 1.54) is 25.3 Å². The third kappa shape index (κ3) is 8.19. The number of sulfonamides is 1. The van der Waals surface area contributed by atoms with E-state index in [4.69, 9.17) is 14.2 Å². The van der Waals surface area contributed by atoms with Gasteiger partial charge in [0.05, 0.1) is 6.10 Å². The lowest BCUT2D eigenvalue weighted by atomic mass is 10.1. The maximum absolute atomic E-state index is 13.2. The summed E-state index contributed by atoms with van der Waals surface area (Å²) in [6, 6.07) is 7.17. The van der Waals surface area contributed by atoms with Crippen LogP contribution in [0.1, 0.15) is 38.9 Å². The molecule has 31 heavy (non-hydrogen) atoms. The smallest absolute Gasteiger partial charge is 0.412 e. The van der Waals surface area contributed by atoms with Crippen molar-refractivity contribution in [2.75, 3.05) is 25.8 Å². The van der Waals surface area contributed by atoms with Crippen molar-refractivity contribution in [3.63, 3.8) is 0 Å². The number of hydrogen-bond donors (Lipinski definition) is 2. The van der Waals surface area contributed by atoms with E-state index in [-0.39, 0.29) is 35.5 Å². The van der Waals surface area contributed by atoms with Gasteiger partial charge in [-0.25, -0.2) is 22.3 Å². The molecule has 0 saturated heterocycles. The number of ether oxygens (including phenoxy) is 3. The zero-order valence-corrected chi connectivity index (χ0v) is 19.4. The van der Waals surface area contributed by atoms with E-state index in [0.29, 0.717) is 5.56 Å². The van der Waals surface area contributed by atoms with Crippen LogP contribution in [-0.4, -0.2) is 40.6 Å². The maximum Gasteiger partial charge on any atom is 0.412 e. The average Bonchev–Trinajstić information content (AvgIpc) is 3.12. The van der Waals surface area contributed by atoms with Gasteiger partial charge in [0.25, 0.3) is 0 Å². The molecule has 11 heteroatoms. The van der Waals surface area contributed by atoms with Crippen LogP contribution >= 0.6 is 11.3 Å². The average molecular weight is 475 g/mol. The lowest BCUT2D eigenvalue weighted by Crippen LogP contribution is -2.29. The summed E-state index contributed by atoms with van der Waals surface area (Å²) in [5, 5.41) is 4.19. The Morgan fingerprint density at radius 2 is 1.87 bits per heavy atom. The van der Waals surface area contributed by atoms with Crippen molar-refractivity contribution in [1.29, 1.82) is 0 Å². The normalized spacial score (nSPS) is 13.1. The largest absolute Gasteiger partial charge is 0.444 e. The van der Waals surface area contributed by atoms with Crippen LogP contribution in [0.4, 0.5) is 14.2 Å². The molecule has 1 aromatic heterocycles. The van der Waals surface area contributed by atoms with Crippen LogP contribution in [0.25, 0.3) is 0 Å². The van der Waals surface area contributed by atoms with Crippen molar-refractivity contribution in [2.24, 2.45) is 0 Å². The predicted molar refractivity (Wildman–Crippen MR) is 116 cm³/mol. The second-order valence-electron chi connectivity index (χ2n) is 7.54. The summed E-state index contributed by atoms with van der Waals surface area (Å²) < 4.78 is 56.9. The number of nitrogens with one attached hydrogen (secondary N) is 2. The molecule has 2 rings (SSSR count). The molecule has 1 heterocycles. The fourth-order valence-electron chi connectivity index (χ4n) is 2.57. The molecule has 1 amide bonds. The van der Waals surface area contributed by atoms with Crippen molar-refractivity contribution < 1.29 is 31.8 Å². The number of rotatable bonds is 10. The standard InChI is InChI=1S/C20H27FN2O6S2/c1-20(2,3)29-19(24)23-18-17(10-12-30-18)31(25,26)22-11-9-16(28-13-27-4)14-5-7-15(21)8-6-14/h5-8,10,12,16,22H,9,11,13H2,1-4H3,(H,23,24). The fourth-order valence-corrected chi connectivity index (χ4v) is 4.88. The lowest BCUT2D eigenvalue weighted by Gasteiger charge is -2.20. The van der Waals surface area contributed by atoms with Crippen LogP contribution in [0.15, 0.2) is 40.6 Å². The van der Waals surface area contributed by atoms with Gasteiger partial charge in [-0.2, -0.15) is 0 Å². The van der Waals surface area contributed by atoms with E-state index in [1.54, 1.807) is 38.3 Å². The van der Waals surface area contributed by atoms with Crippen LogP contribution in [0.5, 0.6) is 0 Å². The Hall–Kier alpha value is -2.05. The third-order valence-corrected chi connectivity index (χ3v) is 6.32. The van der Waals surface area contributed by atoms with Gasteiger partial charge in [0, 0.05) is 13.7 Å². The lowest BCUT2D eigenvalue weighted by molar-refractivity contribution is -0.0752. The zero-order chi connectivity index (χ0) is 23.1. The van der Waals surface area contributed by atoms with Crippen molar-refractivity contribution >= 4 is 32.5 Å². The van der Waals surface area contributed by atoms with Gasteiger partial charge in [-0.05, 0) is 56.3 Å². The van der Waals surface area contributed by atoms with Gasteiger partial charge in [0.2, 0.25) is 10.0 Å². The SMILES string of the molecule is COCOC(CCNS(=O)(=O)c1ccsc1NC(=O)OC(C)(C)C)c1ccc(F)cc1. The summed E-state index contributed by atoms with van der Waals surface area (Å²) in [6.07, 6.45) is -0.950. The van der Waals surface area contributed by atoms with E-state index < -0.39 is 27.8 Å². The minimum Gasteiger partial charge on any atom is -0.444 e. The van der Waals surface area contributed by atoms with Gasteiger partial charge in [0.15, 0.2) is 0 Å². The Balaban J connectivity index is 2.03. The highest BCUT2D eigenvalue weighted by Crippen LogP contribution is 2.28. The quantitative estimate of drug-likeness (QED) is 0.499. The Labute approximate surface area is 185 Å². The number of thiophene rings is 1. The molecule has 0 spiro atoms. The molecule has 0 radical (unpaired) electrons. The van der Waals surface area contributed by atoms with Gasteiger partial charge in [-0.3, -0.25) is 5.32 Å². The molecule has 1 unspecified atom stereocenters. The topological polar surface area (TPSA) is 103 Å². The minimum atomic E-state index is -3.90. The molecular weight excluding hydrogens is 447 g/mol. The van der Waals surface area contributed by atoms with Gasteiger partial charge in [0.1, 0.15) is 28.1 Å². The van der Waals surface area contributed by atoms with E-state index >= 15 is 0 Å².